The molecule has 0 spiro atoms. The topological polar surface area (TPSA) is 54.4 Å². The summed E-state index contributed by atoms with van der Waals surface area (Å²) < 4.78 is 13.1. The Balaban J connectivity index is 2.21. The summed E-state index contributed by atoms with van der Waals surface area (Å²) in [6.07, 6.45) is -2.93. The maximum absolute atomic E-state index is 14.4. The zero-order chi connectivity index (χ0) is 19.3. The first-order valence-corrected chi connectivity index (χ1v) is 11.9. The fraction of sp³-hybridized carbons (Fsp3) is 0.136. The van der Waals surface area contributed by atoms with E-state index in [9.17, 15) is 14.5 Å². The van der Waals surface area contributed by atoms with E-state index < -0.39 is 17.1 Å². The van der Waals surface area contributed by atoms with Gasteiger partial charge in [0.1, 0.15) is 4.75 Å². The summed E-state index contributed by atoms with van der Waals surface area (Å²) >= 11 is 1.06. The molecule has 1 unspecified atom stereocenters. The molecule has 0 radical (unpaired) electrons. The van der Waals surface area contributed by atoms with Crippen LogP contribution >= 0.6 is 17.7 Å². The average molecular weight is 396 g/mol. The molecule has 1 atom stereocenters. The first-order chi connectivity index (χ1) is 13.0. The van der Waals surface area contributed by atoms with Crippen molar-refractivity contribution < 1.29 is 14.5 Å². The minimum atomic E-state index is -3.25. The van der Waals surface area contributed by atoms with Gasteiger partial charge in [-0.15, -0.1) is 0 Å². The van der Waals surface area contributed by atoms with Crippen LogP contribution in [0.15, 0.2) is 91.0 Å². The molecular formula is C22H21O3PS. The molecular weight excluding hydrogens is 375 g/mol. The Morgan fingerprint density at radius 3 is 1.63 bits per heavy atom. The number of rotatable bonds is 7. The molecule has 0 heterocycles. The maximum atomic E-state index is 14.4. The molecule has 3 nitrogen and oxygen atoms in total. The summed E-state index contributed by atoms with van der Waals surface area (Å²) in [5, 5.41) is 11.5. The van der Waals surface area contributed by atoms with Crippen LogP contribution in [0.4, 0.5) is 0 Å². The summed E-state index contributed by atoms with van der Waals surface area (Å²) in [6, 6.07) is 27.4. The molecule has 0 saturated carbocycles. The Bertz CT molecular complexity index is 902. The Hall–Kier alpha value is -2.29. The summed E-state index contributed by atoms with van der Waals surface area (Å²) in [5.41, 5.74) is 0.650. The van der Waals surface area contributed by atoms with Crippen LogP contribution in [0.3, 0.4) is 0 Å². The van der Waals surface area contributed by atoms with E-state index >= 15 is 0 Å². The fourth-order valence-corrected chi connectivity index (χ4v) is 9.21. The highest BCUT2D eigenvalue weighted by molar-refractivity contribution is 8.63. The average Bonchev–Trinajstić information content (AvgIpc) is 2.73. The van der Waals surface area contributed by atoms with E-state index in [-0.39, 0.29) is 0 Å². The summed E-state index contributed by atoms with van der Waals surface area (Å²) in [4.78, 5) is 12.5. The van der Waals surface area contributed by atoms with Gasteiger partial charge in [0.25, 0.3) is 0 Å². The number of hydrogen-bond acceptors (Lipinski definition) is 3. The van der Waals surface area contributed by atoms with Crippen molar-refractivity contribution in [3.8, 4) is 0 Å². The lowest BCUT2D eigenvalue weighted by molar-refractivity contribution is -0.140. The molecule has 1 N–H and O–H groups in total. The van der Waals surface area contributed by atoms with Crippen molar-refractivity contribution in [2.75, 3.05) is 0 Å². The highest BCUT2D eigenvalue weighted by atomic mass is 32.7. The molecule has 0 saturated heterocycles. The Morgan fingerprint density at radius 2 is 1.26 bits per heavy atom. The van der Waals surface area contributed by atoms with E-state index in [4.69, 9.17) is 0 Å². The lowest BCUT2D eigenvalue weighted by Gasteiger charge is -2.32. The van der Waals surface area contributed by atoms with Crippen LogP contribution in [0.1, 0.15) is 18.9 Å². The van der Waals surface area contributed by atoms with Gasteiger partial charge in [0, 0.05) is 10.6 Å². The molecule has 0 bridgehead atoms. The van der Waals surface area contributed by atoms with Crippen LogP contribution < -0.4 is 10.6 Å². The van der Waals surface area contributed by atoms with Gasteiger partial charge in [-0.3, -0.25) is 4.79 Å². The molecule has 0 aliphatic heterocycles. The number of benzene rings is 3. The molecule has 0 aliphatic rings. The summed E-state index contributed by atoms with van der Waals surface area (Å²) in [5.74, 6) is -0.978. The van der Waals surface area contributed by atoms with E-state index in [0.717, 1.165) is 11.4 Å². The van der Waals surface area contributed by atoms with Gasteiger partial charge in [-0.2, -0.15) is 0 Å². The molecule has 5 heteroatoms. The molecule has 3 rings (SSSR count). The molecule has 27 heavy (non-hydrogen) atoms. The highest BCUT2D eigenvalue weighted by Crippen LogP contribution is 2.65. The second kappa shape index (κ2) is 8.16. The van der Waals surface area contributed by atoms with Crippen molar-refractivity contribution in [2.45, 2.75) is 18.1 Å². The van der Waals surface area contributed by atoms with Crippen LogP contribution in [-0.2, 0) is 14.1 Å². The van der Waals surface area contributed by atoms with Crippen molar-refractivity contribution in [2.24, 2.45) is 0 Å². The molecule has 0 fully saturated rings. The van der Waals surface area contributed by atoms with E-state index in [2.05, 4.69) is 0 Å². The largest absolute Gasteiger partial charge is 0.480 e. The van der Waals surface area contributed by atoms with Gasteiger partial charge in [-0.25, -0.2) is 0 Å². The number of carboxylic acids is 1. The fourth-order valence-electron chi connectivity index (χ4n) is 3.06. The molecule has 3 aromatic carbocycles. The Morgan fingerprint density at radius 1 is 0.852 bits per heavy atom. The quantitative estimate of drug-likeness (QED) is 0.569. The second-order valence-electron chi connectivity index (χ2n) is 6.17. The first kappa shape index (κ1) is 19.5. The van der Waals surface area contributed by atoms with Gasteiger partial charge in [0.05, 0.1) is 0 Å². The zero-order valence-electron chi connectivity index (χ0n) is 15.0. The van der Waals surface area contributed by atoms with Gasteiger partial charge in [0.2, 0.25) is 0 Å². The van der Waals surface area contributed by atoms with Gasteiger partial charge in [-0.05, 0) is 12.0 Å². The smallest absolute Gasteiger partial charge is 0.324 e. The van der Waals surface area contributed by atoms with Crippen molar-refractivity contribution >= 4 is 34.3 Å². The van der Waals surface area contributed by atoms with Crippen molar-refractivity contribution in [3.05, 3.63) is 96.6 Å². The van der Waals surface area contributed by atoms with Crippen LogP contribution in [0.5, 0.6) is 0 Å². The van der Waals surface area contributed by atoms with Crippen molar-refractivity contribution in [1.82, 2.24) is 0 Å². The third-order valence-corrected chi connectivity index (χ3v) is 10.8. The normalized spacial score (nSPS) is 13.7. The lowest BCUT2D eigenvalue weighted by Crippen LogP contribution is -2.33. The third-order valence-electron chi connectivity index (χ3n) is 4.56. The second-order valence-corrected chi connectivity index (χ2v) is 11.3. The number of carbonyl (C=O) groups is 1. The minimum Gasteiger partial charge on any atom is -0.480 e. The predicted molar refractivity (Wildman–Crippen MR) is 113 cm³/mol. The maximum Gasteiger partial charge on any atom is 0.324 e. The standard InChI is InChI=1S/C22H21O3PS/c1-2-22(21(23)24,18-12-6-3-7-13-18)27-26(25,19-14-8-4-9-15-19)20-16-10-5-11-17-20/h3-17H,2H2,1H3,(H,23,24). The monoisotopic (exact) mass is 396 g/mol. The number of carboxylic acid groups (broad SMARTS) is 1. The summed E-state index contributed by atoms with van der Waals surface area (Å²) in [7, 11) is 0. The highest BCUT2D eigenvalue weighted by Gasteiger charge is 2.47. The van der Waals surface area contributed by atoms with E-state index in [0.29, 0.717) is 22.6 Å². The molecule has 138 valence electrons. The van der Waals surface area contributed by atoms with E-state index in [1.54, 1.807) is 12.1 Å². The molecule has 3 aromatic rings. The zero-order valence-corrected chi connectivity index (χ0v) is 16.7. The Kier molecular flexibility index (Phi) is 5.88. The predicted octanol–water partition coefficient (Wildman–Crippen LogP) is 5.04. The van der Waals surface area contributed by atoms with Gasteiger partial charge in [-0.1, -0.05) is 109 Å². The lowest BCUT2D eigenvalue weighted by atomic mass is 9.95. The van der Waals surface area contributed by atoms with Crippen LogP contribution in [0.2, 0.25) is 0 Å². The number of hydrogen-bond donors (Lipinski definition) is 1. The molecule has 0 aliphatic carbocycles. The van der Waals surface area contributed by atoms with Crippen LogP contribution in [-0.4, -0.2) is 11.1 Å². The van der Waals surface area contributed by atoms with E-state index in [1.165, 1.54) is 0 Å². The van der Waals surface area contributed by atoms with E-state index in [1.807, 2.05) is 85.8 Å². The minimum absolute atomic E-state index is 0.320. The first-order valence-electron chi connectivity index (χ1n) is 8.74. The van der Waals surface area contributed by atoms with Gasteiger partial charge >= 0.3 is 5.97 Å². The van der Waals surface area contributed by atoms with Crippen molar-refractivity contribution in [3.63, 3.8) is 0 Å². The third kappa shape index (κ3) is 3.73. The SMILES string of the molecule is CCC(SP(=O)(c1ccccc1)c1ccccc1)(C(=O)O)c1ccccc1. The van der Waals surface area contributed by atoms with Gasteiger partial charge in [0.15, 0.2) is 6.34 Å². The van der Waals surface area contributed by atoms with Crippen LogP contribution in [0.25, 0.3) is 0 Å². The van der Waals surface area contributed by atoms with Crippen molar-refractivity contribution in [1.29, 1.82) is 0 Å². The van der Waals surface area contributed by atoms with Gasteiger partial charge < -0.3 is 9.67 Å². The summed E-state index contributed by atoms with van der Waals surface area (Å²) in [6.45, 7) is 1.83. The molecule has 0 aromatic heterocycles. The number of aliphatic carboxylic acids is 1. The van der Waals surface area contributed by atoms with Crippen LogP contribution in [0, 0.1) is 0 Å². The molecule has 0 amide bonds. The Labute approximate surface area is 163 Å².